The summed E-state index contributed by atoms with van der Waals surface area (Å²) in [7, 11) is -3.90. The largest absolute Gasteiger partial charge is 0.286 e. The molecule has 6 heteroatoms. The van der Waals surface area contributed by atoms with Crippen LogP contribution in [0.2, 0.25) is 0 Å². The molecule has 0 saturated heterocycles. The van der Waals surface area contributed by atoms with Crippen LogP contribution in [0.15, 0.2) is 30.6 Å². The zero-order valence-electron chi connectivity index (χ0n) is 18.8. The Kier molecular flexibility index (Phi) is 11.4. The second kappa shape index (κ2) is 13.8. The van der Waals surface area contributed by atoms with Crippen molar-refractivity contribution in [1.29, 1.82) is 0 Å². The van der Waals surface area contributed by atoms with Crippen LogP contribution in [0.1, 0.15) is 90.4 Å². The second-order valence-electron chi connectivity index (χ2n) is 8.52. The number of rotatable bonds is 17. The first-order valence-corrected chi connectivity index (χ1v) is 13.5. The quantitative estimate of drug-likeness (QED) is 0.190. The third kappa shape index (κ3) is 9.61. The van der Waals surface area contributed by atoms with E-state index < -0.39 is 10.1 Å². The second-order valence-corrected chi connectivity index (χ2v) is 10.1. The highest BCUT2D eigenvalue weighted by atomic mass is 32.2. The molecule has 0 atom stereocenters. The number of nitrogens with zero attached hydrogens (tertiary/aromatic N) is 2. The lowest BCUT2D eigenvalue weighted by Gasteiger charge is -2.02. The molecule has 0 aliphatic rings. The molecule has 170 valence electrons. The van der Waals surface area contributed by atoms with Crippen LogP contribution in [-0.2, 0) is 23.2 Å². The van der Waals surface area contributed by atoms with Crippen molar-refractivity contribution in [3.05, 3.63) is 30.6 Å². The van der Waals surface area contributed by atoms with E-state index in [0.717, 1.165) is 12.1 Å². The standard InChI is InChI=1S/C24H40N2O3S/c1-2-3-4-5-6-7-8-9-10-11-12-15-19-25-22-26(20-16-21-30(27,28)29)24-18-14-13-17-23(24)25/h13-14,17-18,22H,2-12,15-16,19-21H2,1H3/p+1. The Balaban J connectivity index is 1.66. The third-order valence-corrected chi connectivity index (χ3v) is 6.64. The minimum absolute atomic E-state index is 0.196. The van der Waals surface area contributed by atoms with E-state index in [4.69, 9.17) is 4.55 Å². The molecule has 1 heterocycles. The molecule has 0 aliphatic carbocycles. The smallest absolute Gasteiger partial charge is 0.265 e. The Labute approximate surface area is 183 Å². The number of aryl methyl sites for hydroxylation is 2. The maximum Gasteiger partial charge on any atom is 0.265 e. The van der Waals surface area contributed by atoms with Gasteiger partial charge in [-0.05, 0) is 25.0 Å². The van der Waals surface area contributed by atoms with Gasteiger partial charge in [0.05, 0.1) is 18.8 Å². The predicted octanol–water partition coefficient (Wildman–Crippen LogP) is 5.91. The van der Waals surface area contributed by atoms with Crippen LogP contribution >= 0.6 is 0 Å². The van der Waals surface area contributed by atoms with Crippen molar-refractivity contribution >= 4 is 21.2 Å². The molecule has 2 rings (SSSR count). The fourth-order valence-corrected chi connectivity index (χ4v) is 4.63. The highest BCUT2D eigenvalue weighted by molar-refractivity contribution is 7.85. The molecular formula is C24H41N2O3S+. The van der Waals surface area contributed by atoms with E-state index in [9.17, 15) is 8.42 Å². The Morgan fingerprint density at radius 3 is 2.00 bits per heavy atom. The Morgan fingerprint density at radius 1 is 0.833 bits per heavy atom. The Hall–Kier alpha value is -1.40. The highest BCUT2D eigenvalue weighted by Crippen LogP contribution is 2.15. The fourth-order valence-electron chi connectivity index (χ4n) is 4.14. The van der Waals surface area contributed by atoms with Crippen LogP contribution in [0.5, 0.6) is 0 Å². The average molecular weight is 438 g/mol. The summed E-state index contributed by atoms with van der Waals surface area (Å²) in [5, 5.41) is 0. The molecule has 30 heavy (non-hydrogen) atoms. The summed E-state index contributed by atoms with van der Waals surface area (Å²) in [5.74, 6) is -0.196. The summed E-state index contributed by atoms with van der Waals surface area (Å²) >= 11 is 0. The van der Waals surface area contributed by atoms with Gasteiger partial charge >= 0.3 is 0 Å². The molecule has 5 nitrogen and oxygen atoms in total. The first-order valence-electron chi connectivity index (χ1n) is 11.9. The number of unbranched alkanes of at least 4 members (excludes halogenated alkanes) is 11. The number of benzene rings is 1. The molecule has 0 radical (unpaired) electrons. The number of para-hydroxylation sites is 2. The van der Waals surface area contributed by atoms with E-state index in [2.05, 4.69) is 34.5 Å². The molecule has 0 aliphatic heterocycles. The first kappa shape index (κ1) is 24.9. The molecule has 1 aromatic heterocycles. The summed E-state index contributed by atoms with van der Waals surface area (Å²) in [6.07, 6.45) is 18.7. The number of hydrogen-bond donors (Lipinski definition) is 1. The summed E-state index contributed by atoms with van der Waals surface area (Å²) in [4.78, 5) is 0. The predicted molar refractivity (Wildman–Crippen MR) is 124 cm³/mol. The minimum atomic E-state index is -3.90. The van der Waals surface area contributed by atoms with Crippen LogP contribution in [0, 0.1) is 0 Å². The minimum Gasteiger partial charge on any atom is -0.286 e. The zero-order valence-corrected chi connectivity index (χ0v) is 19.6. The van der Waals surface area contributed by atoms with E-state index >= 15 is 0 Å². The molecule has 0 unspecified atom stereocenters. The van der Waals surface area contributed by atoms with E-state index in [1.54, 1.807) is 0 Å². The molecule has 2 aromatic rings. The molecular weight excluding hydrogens is 396 g/mol. The molecule has 1 aromatic carbocycles. The van der Waals surface area contributed by atoms with Crippen LogP contribution < -0.4 is 4.57 Å². The van der Waals surface area contributed by atoms with Crippen LogP contribution in [0.3, 0.4) is 0 Å². The summed E-state index contributed by atoms with van der Waals surface area (Å²) < 4.78 is 35.3. The van der Waals surface area contributed by atoms with Crippen molar-refractivity contribution in [3.8, 4) is 0 Å². The van der Waals surface area contributed by atoms with Crippen molar-refractivity contribution in [2.24, 2.45) is 0 Å². The lowest BCUT2D eigenvalue weighted by atomic mass is 10.1. The van der Waals surface area contributed by atoms with Crippen LogP contribution in [0.4, 0.5) is 0 Å². The molecule has 0 fully saturated rings. The molecule has 0 amide bonds. The Morgan fingerprint density at radius 2 is 1.40 bits per heavy atom. The number of hydrogen-bond acceptors (Lipinski definition) is 2. The van der Waals surface area contributed by atoms with Crippen LogP contribution in [0.25, 0.3) is 11.0 Å². The van der Waals surface area contributed by atoms with Gasteiger partial charge in [-0.1, -0.05) is 83.3 Å². The van der Waals surface area contributed by atoms with Crippen molar-refractivity contribution < 1.29 is 17.5 Å². The van der Waals surface area contributed by atoms with E-state index in [1.165, 1.54) is 82.6 Å². The SMILES string of the molecule is CCCCCCCCCCCCCCn1c[n+](CCCS(=O)(=O)O)c2ccccc21. The van der Waals surface area contributed by atoms with Gasteiger partial charge in [0.15, 0.2) is 11.0 Å². The topological polar surface area (TPSA) is 63.2 Å². The number of fused-ring (bicyclic) bond motifs is 1. The van der Waals surface area contributed by atoms with Gasteiger partial charge in [0.1, 0.15) is 0 Å². The third-order valence-electron chi connectivity index (χ3n) is 5.83. The summed E-state index contributed by atoms with van der Waals surface area (Å²) in [6, 6.07) is 8.25. The molecule has 0 bridgehead atoms. The van der Waals surface area contributed by atoms with Crippen molar-refractivity contribution in [1.82, 2.24) is 4.57 Å². The monoisotopic (exact) mass is 437 g/mol. The van der Waals surface area contributed by atoms with Gasteiger partial charge in [-0.3, -0.25) is 4.55 Å². The van der Waals surface area contributed by atoms with Crippen molar-refractivity contribution in [2.75, 3.05) is 5.75 Å². The molecule has 0 spiro atoms. The molecule has 0 saturated carbocycles. The van der Waals surface area contributed by atoms with Crippen molar-refractivity contribution in [2.45, 2.75) is 103 Å². The van der Waals surface area contributed by atoms with Crippen molar-refractivity contribution in [3.63, 3.8) is 0 Å². The van der Waals surface area contributed by atoms with E-state index in [0.29, 0.717) is 13.0 Å². The van der Waals surface area contributed by atoms with E-state index in [1.807, 2.05) is 12.1 Å². The summed E-state index contributed by atoms with van der Waals surface area (Å²) in [5.41, 5.74) is 2.30. The van der Waals surface area contributed by atoms with Gasteiger partial charge in [-0.15, -0.1) is 0 Å². The lowest BCUT2D eigenvalue weighted by molar-refractivity contribution is -0.672. The summed E-state index contributed by atoms with van der Waals surface area (Å²) in [6.45, 7) is 3.85. The van der Waals surface area contributed by atoms with Crippen LogP contribution in [-0.4, -0.2) is 23.3 Å². The normalized spacial score (nSPS) is 12.1. The van der Waals surface area contributed by atoms with Gasteiger partial charge in [-0.2, -0.15) is 8.42 Å². The fraction of sp³-hybridized carbons (Fsp3) is 0.708. The van der Waals surface area contributed by atoms with Gasteiger partial charge < -0.3 is 0 Å². The number of aromatic nitrogens is 2. The maximum atomic E-state index is 11.0. The van der Waals surface area contributed by atoms with Gasteiger partial charge in [-0.25, -0.2) is 9.13 Å². The first-order chi connectivity index (χ1) is 14.5. The average Bonchev–Trinajstić information content (AvgIpc) is 3.06. The van der Waals surface area contributed by atoms with Gasteiger partial charge in [0.25, 0.3) is 10.1 Å². The van der Waals surface area contributed by atoms with Gasteiger partial charge in [0, 0.05) is 6.42 Å². The number of imidazole rings is 1. The maximum absolute atomic E-state index is 11.0. The van der Waals surface area contributed by atoms with Gasteiger partial charge in [0.2, 0.25) is 6.33 Å². The Bertz CT molecular complexity index is 830. The zero-order chi connectivity index (χ0) is 21.7. The van der Waals surface area contributed by atoms with E-state index in [-0.39, 0.29) is 5.75 Å². The molecule has 1 N–H and O–H groups in total. The highest BCUT2D eigenvalue weighted by Gasteiger charge is 2.15. The lowest BCUT2D eigenvalue weighted by Crippen LogP contribution is -2.33.